The molecule has 0 fully saturated rings. The maximum absolute atomic E-state index is 6.48. The van der Waals surface area contributed by atoms with E-state index in [1.165, 1.54) is 55.3 Å². The number of hydrogen-bond acceptors (Lipinski definition) is 2. The van der Waals surface area contributed by atoms with Gasteiger partial charge in [-0.2, -0.15) is 0 Å². The highest BCUT2D eigenvalue weighted by atomic mass is 16.3. The van der Waals surface area contributed by atoms with Crippen LogP contribution >= 0.6 is 0 Å². The van der Waals surface area contributed by atoms with Gasteiger partial charge in [-0.25, -0.2) is 0 Å². The number of para-hydroxylation sites is 2. The molecule has 0 N–H and O–H groups in total. The molecule has 0 saturated carbocycles. The zero-order valence-corrected chi connectivity index (χ0v) is 33.4. The normalized spacial score (nSPS) is 12.7. The smallest absolute Gasteiger partial charge is 0.143 e. The zero-order chi connectivity index (χ0) is 40.3. The van der Waals surface area contributed by atoms with Crippen LogP contribution in [0.25, 0.3) is 66.1 Å². The summed E-state index contributed by atoms with van der Waals surface area (Å²) in [5.74, 6) is 0. The molecule has 0 aliphatic heterocycles. The first kappa shape index (κ1) is 35.0. The lowest BCUT2D eigenvalue weighted by Crippen LogP contribution is -2.28. The molecular weight excluding hydrogens is 739 g/mol. The molecule has 0 amide bonds. The minimum absolute atomic E-state index is 0.509. The Morgan fingerprint density at radius 3 is 1.64 bits per heavy atom. The topological polar surface area (TPSA) is 16.4 Å². The highest BCUT2D eigenvalue weighted by Gasteiger charge is 2.46. The third-order valence-electron chi connectivity index (χ3n) is 12.7. The van der Waals surface area contributed by atoms with Gasteiger partial charge in [-0.05, 0) is 109 Å². The number of hydrogen-bond donors (Lipinski definition) is 0. The molecule has 0 atom stereocenters. The molecule has 0 radical (unpaired) electrons. The van der Waals surface area contributed by atoms with Crippen LogP contribution in [-0.4, -0.2) is 0 Å². The molecule has 0 unspecified atom stereocenters. The minimum atomic E-state index is -0.509. The van der Waals surface area contributed by atoms with Gasteiger partial charge in [-0.3, -0.25) is 0 Å². The van der Waals surface area contributed by atoms with E-state index in [-0.39, 0.29) is 0 Å². The predicted octanol–water partition coefficient (Wildman–Crippen LogP) is 15.9. The summed E-state index contributed by atoms with van der Waals surface area (Å²) in [4.78, 5) is 2.40. The average Bonchev–Trinajstić information content (AvgIpc) is 3.86. The Balaban J connectivity index is 1.04. The first-order valence-electron chi connectivity index (χ1n) is 21.0. The van der Waals surface area contributed by atoms with Gasteiger partial charge in [0, 0.05) is 33.4 Å². The number of furan rings is 1. The average molecular weight is 778 g/mol. The Labute approximate surface area is 355 Å². The third kappa shape index (κ3) is 5.57. The minimum Gasteiger partial charge on any atom is -0.455 e. The third-order valence-corrected chi connectivity index (χ3v) is 12.7. The summed E-state index contributed by atoms with van der Waals surface area (Å²) in [7, 11) is 0. The van der Waals surface area contributed by atoms with Gasteiger partial charge in [0.15, 0.2) is 0 Å². The first-order valence-corrected chi connectivity index (χ1v) is 21.0. The van der Waals surface area contributed by atoms with Crippen molar-refractivity contribution >= 4 is 49.8 Å². The van der Waals surface area contributed by atoms with E-state index in [0.29, 0.717) is 0 Å². The van der Waals surface area contributed by atoms with Gasteiger partial charge < -0.3 is 9.32 Å². The van der Waals surface area contributed by atoms with Crippen molar-refractivity contribution in [2.24, 2.45) is 0 Å². The number of nitrogens with zero attached hydrogens (tertiary/aromatic N) is 1. The fourth-order valence-electron chi connectivity index (χ4n) is 9.96. The van der Waals surface area contributed by atoms with Crippen molar-refractivity contribution in [3.63, 3.8) is 0 Å². The molecule has 0 bridgehead atoms. The van der Waals surface area contributed by atoms with Gasteiger partial charge in [0.05, 0.1) is 5.41 Å². The van der Waals surface area contributed by atoms with Crippen LogP contribution in [0.5, 0.6) is 0 Å². The van der Waals surface area contributed by atoms with Crippen molar-refractivity contribution < 1.29 is 4.42 Å². The molecule has 1 aliphatic carbocycles. The van der Waals surface area contributed by atoms with E-state index < -0.39 is 5.41 Å². The van der Waals surface area contributed by atoms with E-state index in [9.17, 15) is 0 Å². The van der Waals surface area contributed by atoms with Crippen LogP contribution in [0.2, 0.25) is 0 Å². The molecule has 286 valence electrons. The Bertz CT molecular complexity index is 3360. The summed E-state index contributed by atoms with van der Waals surface area (Å²) in [5.41, 5.74) is 16.7. The SMILES string of the molecule is c1ccc(C2(c3ccccc3)c3ccccc3-c3ccc(N(c4ccc(-c5ccc6ccccc6c5)cc4)c4ccc(-c5cccc6c5oc5ccccc56)cc4)cc32)cc1. The van der Waals surface area contributed by atoms with E-state index in [1.54, 1.807) is 0 Å². The van der Waals surface area contributed by atoms with Gasteiger partial charge in [0.25, 0.3) is 0 Å². The van der Waals surface area contributed by atoms with Crippen LogP contribution in [0.15, 0.2) is 241 Å². The van der Waals surface area contributed by atoms with Crippen molar-refractivity contribution in [2.45, 2.75) is 5.41 Å². The second kappa shape index (κ2) is 14.1. The van der Waals surface area contributed by atoms with Crippen LogP contribution in [-0.2, 0) is 5.41 Å². The van der Waals surface area contributed by atoms with Crippen LogP contribution in [0.4, 0.5) is 17.1 Å². The second-order valence-corrected chi connectivity index (χ2v) is 16.0. The fourth-order valence-corrected chi connectivity index (χ4v) is 9.96. The summed E-state index contributed by atoms with van der Waals surface area (Å²) in [5, 5.41) is 4.75. The Morgan fingerprint density at radius 1 is 0.328 bits per heavy atom. The molecule has 10 aromatic carbocycles. The van der Waals surface area contributed by atoms with E-state index in [1.807, 2.05) is 12.1 Å². The van der Waals surface area contributed by atoms with Crippen molar-refractivity contribution in [3.8, 4) is 33.4 Å². The van der Waals surface area contributed by atoms with E-state index in [4.69, 9.17) is 4.42 Å². The highest BCUT2D eigenvalue weighted by Crippen LogP contribution is 2.57. The van der Waals surface area contributed by atoms with Gasteiger partial charge in [-0.15, -0.1) is 0 Å². The molecule has 1 aromatic heterocycles. The fraction of sp³-hybridized carbons (Fsp3) is 0.0169. The van der Waals surface area contributed by atoms with Gasteiger partial charge in [-0.1, -0.05) is 188 Å². The standard InChI is InChI=1S/C59H39NO/c1-3-16-45(17-4-1)59(46-18-5-2-6-19-46)55-24-11-9-20-51(55)52-37-36-49(39-56(52)59)60(47-32-28-41(29-33-47)44-27-26-40-14-7-8-15-43(40)38-44)48-34-30-42(31-35-48)50-22-13-23-54-53-21-10-12-25-57(53)61-58(50)54/h1-39H. The molecule has 11 aromatic rings. The number of rotatable bonds is 7. The Morgan fingerprint density at radius 2 is 0.885 bits per heavy atom. The van der Waals surface area contributed by atoms with E-state index >= 15 is 0 Å². The lowest BCUT2D eigenvalue weighted by molar-refractivity contribution is 0.670. The molecule has 1 heterocycles. The second-order valence-electron chi connectivity index (χ2n) is 16.0. The predicted molar refractivity (Wildman–Crippen MR) is 254 cm³/mol. The summed E-state index contributed by atoms with van der Waals surface area (Å²) >= 11 is 0. The summed E-state index contributed by atoms with van der Waals surface area (Å²) in [6, 6.07) is 86.1. The van der Waals surface area contributed by atoms with E-state index in [0.717, 1.165) is 50.1 Å². The van der Waals surface area contributed by atoms with E-state index in [2.05, 4.69) is 229 Å². The Kier molecular flexibility index (Phi) is 8.11. The Hall–Kier alpha value is -7.94. The molecule has 0 spiro atoms. The van der Waals surface area contributed by atoms with Gasteiger partial charge in [0.1, 0.15) is 11.2 Å². The lowest BCUT2D eigenvalue weighted by atomic mass is 9.67. The maximum atomic E-state index is 6.48. The van der Waals surface area contributed by atoms with Crippen LogP contribution in [0.1, 0.15) is 22.3 Å². The van der Waals surface area contributed by atoms with Crippen molar-refractivity contribution in [2.75, 3.05) is 4.90 Å². The van der Waals surface area contributed by atoms with Gasteiger partial charge >= 0.3 is 0 Å². The molecule has 61 heavy (non-hydrogen) atoms. The molecule has 2 nitrogen and oxygen atoms in total. The summed E-state index contributed by atoms with van der Waals surface area (Å²) in [6.07, 6.45) is 0. The van der Waals surface area contributed by atoms with Crippen molar-refractivity contribution in [3.05, 3.63) is 259 Å². The quantitative estimate of drug-likeness (QED) is 0.160. The van der Waals surface area contributed by atoms with Gasteiger partial charge in [0.2, 0.25) is 0 Å². The van der Waals surface area contributed by atoms with Crippen LogP contribution in [0, 0.1) is 0 Å². The molecule has 0 saturated heterocycles. The zero-order valence-electron chi connectivity index (χ0n) is 33.4. The number of benzene rings is 10. The van der Waals surface area contributed by atoms with Crippen LogP contribution in [0.3, 0.4) is 0 Å². The number of fused-ring (bicyclic) bond motifs is 7. The molecule has 1 aliphatic rings. The first-order chi connectivity index (χ1) is 30.2. The largest absolute Gasteiger partial charge is 0.455 e. The van der Waals surface area contributed by atoms with Crippen molar-refractivity contribution in [1.82, 2.24) is 0 Å². The lowest BCUT2D eigenvalue weighted by Gasteiger charge is -2.35. The molecule has 2 heteroatoms. The molecular formula is C59H39NO. The molecule has 12 rings (SSSR count). The summed E-state index contributed by atoms with van der Waals surface area (Å²) < 4.78 is 6.48. The summed E-state index contributed by atoms with van der Waals surface area (Å²) in [6.45, 7) is 0. The number of anilines is 3. The van der Waals surface area contributed by atoms with Crippen LogP contribution < -0.4 is 4.90 Å². The van der Waals surface area contributed by atoms with Crippen molar-refractivity contribution in [1.29, 1.82) is 0 Å². The highest BCUT2D eigenvalue weighted by molar-refractivity contribution is 6.09. The monoisotopic (exact) mass is 777 g/mol. The maximum Gasteiger partial charge on any atom is 0.143 e.